The number of hydrogen-bond acceptors (Lipinski definition) is 7. The van der Waals surface area contributed by atoms with Gasteiger partial charge in [0.15, 0.2) is 0 Å². The Morgan fingerprint density at radius 3 is 2.59 bits per heavy atom. The summed E-state index contributed by atoms with van der Waals surface area (Å²) >= 11 is 3.71. The first-order chi connectivity index (χ1) is 21.1. The highest BCUT2D eigenvalue weighted by atomic mass is 79.9. The molecule has 3 saturated heterocycles. The van der Waals surface area contributed by atoms with E-state index in [4.69, 9.17) is 9.47 Å². The number of rotatable bonds is 16. The van der Waals surface area contributed by atoms with Crippen molar-refractivity contribution >= 4 is 39.6 Å². The maximum absolute atomic E-state index is 14.2. The fourth-order valence-electron chi connectivity index (χ4n) is 6.84. The Bertz CT molecular complexity index is 1230. The number of aliphatic hydroxyl groups excluding tert-OH is 1. The second-order valence-electron chi connectivity index (χ2n) is 12.0. The van der Waals surface area contributed by atoms with Crippen LogP contribution in [0.25, 0.3) is 0 Å². The lowest BCUT2D eigenvalue weighted by Gasteiger charge is -2.38. The number of benzene rings is 1. The van der Waals surface area contributed by atoms with Crippen LogP contribution in [0.4, 0.5) is 0 Å². The number of amides is 3. The van der Waals surface area contributed by atoms with E-state index in [1.165, 1.54) is 0 Å². The van der Waals surface area contributed by atoms with Crippen LogP contribution in [0.5, 0.6) is 0 Å². The number of aliphatic hydroxyl groups is 1. The molecule has 7 atom stereocenters. The smallest absolute Gasteiger partial charge is 0.306 e. The summed E-state index contributed by atoms with van der Waals surface area (Å²) in [5.41, 5.74) is -0.443. The summed E-state index contributed by atoms with van der Waals surface area (Å²) in [7, 11) is 0. The number of halogens is 1. The van der Waals surface area contributed by atoms with Crippen LogP contribution in [0.15, 0.2) is 55.6 Å². The number of alkyl halides is 1. The Balaban J connectivity index is 1.65. The third-order valence-corrected chi connectivity index (χ3v) is 9.69. The number of nitrogens with zero attached hydrogens (tertiary/aromatic N) is 2. The van der Waals surface area contributed by atoms with Crippen molar-refractivity contribution in [2.24, 2.45) is 11.8 Å². The van der Waals surface area contributed by atoms with Crippen molar-refractivity contribution < 1.29 is 33.8 Å². The maximum atomic E-state index is 14.2. The van der Waals surface area contributed by atoms with Gasteiger partial charge in [0, 0.05) is 37.0 Å². The Morgan fingerprint density at radius 1 is 1.23 bits per heavy atom. The van der Waals surface area contributed by atoms with Gasteiger partial charge in [0.1, 0.15) is 18.2 Å². The number of ether oxygens (including phenoxy) is 2. The van der Waals surface area contributed by atoms with Gasteiger partial charge < -0.3 is 29.7 Å². The van der Waals surface area contributed by atoms with E-state index in [1.807, 2.05) is 44.2 Å². The molecule has 11 heteroatoms. The van der Waals surface area contributed by atoms with Crippen molar-refractivity contribution in [2.45, 2.75) is 80.6 Å². The van der Waals surface area contributed by atoms with E-state index in [2.05, 4.69) is 34.4 Å². The summed E-state index contributed by atoms with van der Waals surface area (Å²) in [6.07, 6.45) is 4.71. The van der Waals surface area contributed by atoms with Gasteiger partial charge >= 0.3 is 5.97 Å². The number of likely N-dealkylation sites (tertiary alicyclic amines) is 1. The molecule has 0 saturated carbocycles. The van der Waals surface area contributed by atoms with Crippen LogP contribution < -0.4 is 5.32 Å². The Kier molecular flexibility index (Phi) is 11.4. The normalized spacial score (nSPS) is 27.6. The van der Waals surface area contributed by atoms with E-state index in [9.17, 15) is 24.3 Å². The van der Waals surface area contributed by atoms with Crippen LogP contribution in [0.1, 0.15) is 57.6 Å². The summed E-state index contributed by atoms with van der Waals surface area (Å²) in [4.78, 5) is 58.0. The van der Waals surface area contributed by atoms with Crippen LogP contribution in [-0.4, -0.2) is 93.5 Å². The molecule has 1 aromatic carbocycles. The fourth-order valence-corrected chi connectivity index (χ4v) is 7.78. The average molecular weight is 675 g/mol. The predicted molar refractivity (Wildman–Crippen MR) is 168 cm³/mol. The SMILES string of the molecule is C=CCCC(=O)OC[C@H](NC(=O)[C@@H]1[C@H]2O[C@@]3(CC2Br)[C@H](C(=O)N(CC=C)C(C)C)N(CCCCO)C(=O)[C@@H]13)c1ccccc1. The van der Waals surface area contributed by atoms with E-state index >= 15 is 0 Å². The molecule has 240 valence electrons. The van der Waals surface area contributed by atoms with E-state index in [0.717, 1.165) is 5.56 Å². The van der Waals surface area contributed by atoms with Crippen LogP contribution in [0, 0.1) is 11.8 Å². The highest BCUT2D eigenvalue weighted by Gasteiger charge is 2.76. The van der Waals surface area contributed by atoms with Crippen molar-refractivity contribution in [2.75, 3.05) is 26.3 Å². The first kappa shape index (κ1) is 33.9. The van der Waals surface area contributed by atoms with Crippen LogP contribution in [0.3, 0.4) is 0 Å². The minimum Gasteiger partial charge on any atom is -0.463 e. The third-order valence-electron chi connectivity index (χ3n) is 8.85. The van der Waals surface area contributed by atoms with Gasteiger partial charge in [-0.3, -0.25) is 19.2 Å². The first-order valence-corrected chi connectivity index (χ1v) is 16.3. The predicted octanol–water partition coefficient (Wildman–Crippen LogP) is 3.30. The molecule has 4 rings (SSSR count). The molecule has 3 aliphatic heterocycles. The van der Waals surface area contributed by atoms with E-state index < -0.39 is 47.5 Å². The second kappa shape index (κ2) is 14.8. The molecule has 2 N–H and O–H groups in total. The van der Waals surface area contributed by atoms with Crippen molar-refractivity contribution in [1.29, 1.82) is 0 Å². The molecule has 3 amide bonds. The minimum atomic E-state index is -1.19. The molecule has 3 heterocycles. The van der Waals surface area contributed by atoms with Gasteiger partial charge in [-0.25, -0.2) is 0 Å². The zero-order valence-corrected chi connectivity index (χ0v) is 27.1. The third kappa shape index (κ3) is 6.65. The zero-order valence-electron chi connectivity index (χ0n) is 25.5. The largest absolute Gasteiger partial charge is 0.463 e. The Labute approximate surface area is 267 Å². The molecule has 2 bridgehead atoms. The molecule has 10 nitrogen and oxygen atoms in total. The molecule has 3 fully saturated rings. The topological polar surface area (TPSA) is 125 Å². The molecule has 44 heavy (non-hydrogen) atoms. The molecule has 3 aliphatic rings. The number of carbonyl (C=O) groups excluding carboxylic acids is 4. The fraction of sp³-hybridized carbons (Fsp3) is 0.576. The second-order valence-corrected chi connectivity index (χ2v) is 13.2. The van der Waals surface area contributed by atoms with Crippen molar-refractivity contribution in [1.82, 2.24) is 15.1 Å². The number of unbranched alkanes of at least 4 members (excludes halogenated alkanes) is 1. The first-order valence-electron chi connectivity index (χ1n) is 15.4. The lowest BCUT2D eigenvalue weighted by molar-refractivity contribution is -0.149. The van der Waals surface area contributed by atoms with Gasteiger partial charge in [-0.2, -0.15) is 0 Å². The van der Waals surface area contributed by atoms with Gasteiger partial charge in [-0.15, -0.1) is 13.2 Å². The van der Waals surface area contributed by atoms with Crippen LogP contribution in [0.2, 0.25) is 0 Å². The summed E-state index contributed by atoms with van der Waals surface area (Å²) in [5, 5.41) is 12.5. The molecular formula is C33H44BrN3O7. The number of fused-ring (bicyclic) bond motifs is 1. The van der Waals surface area contributed by atoms with Gasteiger partial charge in [-0.05, 0) is 45.1 Å². The van der Waals surface area contributed by atoms with Gasteiger partial charge in [0.2, 0.25) is 17.7 Å². The quantitative estimate of drug-likeness (QED) is 0.119. The molecule has 1 unspecified atom stereocenters. The number of nitrogens with one attached hydrogen (secondary N) is 1. The van der Waals surface area contributed by atoms with Gasteiger partial charge in [-0.1, -0.05) is 58.4 Å². The van der Waals surface area contributed by atoms with Crippen molar-refractivity contribution in [3.05, 3.63) is 61.2 Å². The monoisotopic (exact) mass is 673 g/mol. The van der Waals surface area contributed by atoms with E-state index in [-0.39, 0.29) is 48.9 Å². The summed E-state index contributed by atoms with van der Waals surface area (Å²) < 4.78 is 12.1. The lowest BCUT2D eigenvalue weighted by atomic mass is 9.70. The average Bonchev–Trinajstić information content (AvgIpc) is 3.60. The number of allylic oxidation sites excluding steroid dienone is 1. The highest BCUT2D eigenvalue weighted by Crippen LogP contribution is 2.60. The zero-order chi connectivity index (χ0) is 32.0. The summed E-state index contributed by atoms with van der Waals surface area (Å²) in [5.74, 6) is -3.07. The minimum absolute atomic E-state index is 0.0318. The molecular weight excluding hydrogens is 630 g/mol. The van der Waals surface area contributed by atoms with Gasteiger partial charge in [0.25, 0.3) is 0 Å². The van der Waals surface area contributed by atoms with E-state index in [1.54, 1.807) is 22.0 Å². The van der Waals surface area contributed by atoms with Gasteiger partial charge in [0.05, 0.1) is 24.0 Å². The Morgan fingerprint density at radius 2 is 1.95 bits per heavy atom. The molecule has 0 aliphatic carbocycles. The molecule has 1 spiro atoms. The molecule has 0 aromatic heterocycles. The standard InChI is InChI=1S/C33H44BrN3O7/c1-5-7-15-25(39)43-20-24(22-13-9-8-10-14-22)35-30(40)26-27-31(41)37(17-11-12-18-38)29(32(42)36(16-6-2)21(3)4)33(27)19-23(34)28(26)44-33/h5-6,8-10,13-14,21,23-24,26-29,38H,1-2,7,11-12,15-20H2,3-4H3,(H,35,40)/t23?,24-,26-,27+,28-,29-,33+/m0/s1. The van der Waals surface area contributed by atoms with Crippen molar-refractivity contribution in [3.8, 4) is 0 Å². The number of hydrogen-bond donors (Lipinski definition) is 2. The van der Waals surface area contributed by atoms with Crippen molar-refractivity contribution in [3.63, 3.8) is 0 Å². The number of carbonyl (C=O) groups is 4. The number of esters is 1. The van der Waals surface area contributed by atoms with Crippen LogP contribution >= 0.6 is 15.9 Å². The molecule has 0 radical (unpaired) electrons. The Hall–Kier alpha value is -3.02. The summed E-state index contributed by atoms with van der Waals surface area (Å²) in [6.45, 7) is 11.7. The summed E-state index contributed by atoms with van der Waals surface area (Å²) in [6, 6.07) is 7.49. The molecule has 1 aromatic rings. The lowest BCUT2D eigenvalue weighted by Crippen LogP contribution is -2.58. The maximum Gasteiger partial charge on any atom is 0.306 e. The highest BCUT2D eigenvalue weighted by molar-refractivity contribution is 9.09. The van der Waals surface area contributed by atoms with E-state index in [0.29, 0.717) is 32.2 Å². The van der Waals surface area contributed by atoms with Crippen LogP contribution in [-0.2, 0) is 28.7 Å².